The van der Waals surface area contributed by atoms with Gasteiger partial charge in [0.25, 0.3) is 0 Å². The van der Waals surface area contributed by atoms with Crippen molar-refractivity contribution in [2.75, 3.05) is 33.5 Å². The van der Waals surface area contributed by atoms with Crippen molar-refractivity contribution in [1.29, 1.82) is 0 Å². The molecule has 2 N–H and O–H groups in total. The Balaban J connectivity index is 2.12. The highest BCUT2D eigenvalue weighted by Crippen LogP contribution is 2.04. The van der Waals surface area contributed by atoms with E-state index in [1.807, 2.05) is 12.1 Å². The van der Waals surface area contributed by atoms with Gasteiger partial charge in [0, 0.05) is 26.5 Å². The standard InChI is InChI=1S/C13H20N2O3S/c1-16-7-8-17-5-2-6-18-10-11-3-4-15-12(9-11)13(14)19/h3-4,9H,2,5-8,10H2,1H3,(H2,14,19). The third kappa shape index (κ3) is 7.17. The number of rotatable bonds is 10. The maximum Gasteiger partial charge on any atom is 0.122 e. The predicted molar refractivity (Wildman–Crippen MR) is 77.1 cm³/mol. The van der Waals surface area contributed by atoms with Crippen LogP contribution in [0.1, 0.15) is 17.7 Å². The van der Waals surface area contributed by atoms with Crippen molar-refractivity contribution in [1.82, 2.24) is 4.98 Å². The minimum atomic E-state index is 0.299. The molecule has 0 atom stereocenters. The lowest BCUT2D eigenvalue weighted by molar-refractivity contribution is 0.0483. The molecule has 0 aliphatic heterocycles. The first kappa shape index (κ1) is 16.0. The molecule has 0 amide bonds. The summed E-state index contributed by atoms with van der Waals surface area (Å²) in [5.41, 5.74) is 7.15. The van der Waals surface area contributed by atoms with Gasteiger partial charge in [-0.1, -0.05) is 12.2 Å². The zero-order valence-electron chi connectivity index (χ0n) is 11.1. The normalized spacial score (nSPS) is 10.6. The van der Waals surface area contributed by atoms with E-state index >= 15 is 0 Å². The van der Waals surface area contributed by atoms with Gasteiger partial charge in [0.2, 0.25) is 0 Å². The van der Waals surface area contributed by atoms with E-state index in [4.69, 9.17) is 32.2 Å². The van der Waals surface area contributed by atoms with E-state index in [-0.39, 0.29) is 0 Å². The largest absolute Gasteiger partial charge is 0.388 e. The van der Waals surface area contributed by atoms with Crippen LogP contribution in [0.15, 0.2) is 18.3 Å². The summed E-state index contributed by atoms with van der Waals surface area (Å²) < 4.78 is 15.7. The number of methoxy groups -OCH3 is 1. The second-order valence-corrected chi connectivity index (χ2v) is 4.36. The number of ether oxygens (including phenoxy) is 3. The summed E-state index contributed by atoms with van der Waals surface area (Å²) in [5.74, 6) is 0. The smallest absolute Gasteiger partial charge is 0.122 e. The summed E-state index contributed by atoms with van der Waals surface area (Å²) in [7, 11) is 1.66. The van der Waals surface area contributed by atoms with Crippen LogP contribution in [0.2, 0.25) is 0 Å². The van der Waals surface area contributed by atoms with Crippen LogP contribution < -0.4 is 5.73 Å². The van der Waals surface area contributed by atoms with Gasteiger partial charge in [-0.2, -0.15) is 0 Å². The molecule has 1 aromatic heterocycles. The third-order valence-corrected chi connectivity index (χ3v) is 2.56. The molecule has 0 aliphatic rings. The molecule has 0 aliphatic carbocycles. The number of thiocarbonyl (C=S) groups is 1. The van der Waals surface area contributed by atoms with E-state index in [0.29, 0.717) is 43.7 Å². The molecule has 0 saturated carbocycles. The maximum atomic E-state index is 5.54. The second-order valence-electron chi connectivity index (χ2n) is 3.92. The van der Waals surface area contributed by atoms with Crippen molar-refractivity contribution in [3.8, 4) is 0 Å². The van der Waals surface area contributed by atoms with Gasteiger partial charge in [-0.25, -0.2) is 0 Å². The number of hydrogen-bond donors (Lipinski definition) is 1. The number of aromatic nitrogens is 1. The number of hydrogen-bond acceptors (Lipinski definition) is 5. The Morgan fingerprint density at radius 1 is 1.26 bits per heavy atom. The van der Waals surface area contributed by atoms with E-state index in [1.54, 1.807) is 13.3 Å². The fraction of sp³-hybridized carbons (Fsp3) is 0.538. The molecule has 106 valence electrons. The highest BCUT2D eigenvalue weighted by atomic mass is 32.1. The van der Waals surface area contributed by atoms with Crippen LogP contribution >= 0.6 is 12.2 Å². The summed E-state index contributed by atoms with van der Waals surface area (Å²) in [6.07, 6.45) is 2.54. The van der Waals surface area contributed by atoms with Gasteiger partial charge in [0.05, 0.1) is 25.5 Å². The lowest BCUT2D eigenvalue weighted by Gasteiger charge is -2.06. The van der Waals surface area contributed by atoms with Crippen LogP contribution in [-0.4, -0.2) is 43.5 Å². The molecule has 5 nitrogen and oxygen atoms in total. The zero-order chi connectivity index (χ0) is 13.9. The molecule has 0 unspecified atom stereocenters. The lowest BCUT2D eigenvalue weighted by Crippen LogP contribution is -2.12. The van der Waals surface area contributed by atoms with Crippen molar-refractivity contribution in [2.24, 2.45) is 5.73 Å². The molecular weight excluding hydrogens is 264 g/mol. The molecule has 0 spiro atoms. The van der Waals surface area contributed by atoms with Crippen molar-refractivity contribution in [2.45, 2.75) is 13.0 Å². The minimum absolute atomic E-state index is 0.299. The summed E-state index contributed by atoms with van der Waals surface area (Å²) >= 11 is 4.87. The first-order valence-corrected chi connectivity index (χ1v) is 6.54. The SMILES string of the molecule is COCCOCCCOCc1ccnc(C(N)=S)c1. The Hall–Kier alpha value is -1.08. The van der Waals surface area contributed by atoms with Crippen LogP contribution in [0, 0.1) is 0 Å². The molecular formula is C13H20N2O3S. The molecule has 1 aromatic rings. The Morgan fingerprint density at radius 2 is 2.05 bits per heavy atom. The highest BCUT2D eigenvalue weighted by Gasteiger charge is 2.00. The number of pyridine rings is 1. The van der Waals surface area contributed by atoms with Gasteiger partial charge in [0.1, 0.15) is 4.99 Å². The van der Waals surface area contributed by atoms with Gasteiger partial charge < -0.3 is 19.9 Å². The molecule has 1 heterocycles. The molecule has 19 heavy (non-hydrogen) atoms. The number of nitrogens with two attached hydrogens (primary N) is 1. The van der Waals surface area contributed by atoms with Crippen molar-refractivity contribution >= 4 is 17.2 Å². The first-order chi connectivity index (χ1) is 9.24. The zero-order valence-corrected chi connectivity index (χ0v) is 11.9. The Morgan fingerprint density at radius 3 is 2.79 bits per heavy atom. The molecule has 0 radical (unpaired) electrons. The Labute approximate surface area is 119 Å². The van der Waals surface area contributed by atoms with Gasteiger partial charge in [-0.15, -0.1) is 0 Å². The fourth-order valence-corrected chi connectivity index (χ4v) is 1.51. The van der Waals surface area contributed by atoms with Crippen LogP contribution in [0.4, 0.5) is 0 Å². The van der Waals surface area contributed by atoms with Crippen molar-refractivity contribution < 1.29 is 14.2 Å². The van der Waals surface area contributed by atoms with Crippen LogP contribution in [0.3, 0.4) is 0 Å². The second kappa shape index (κ2) is 9.80. The highest BCUT2D eigenvalue weighted by molar-refractivity contribution is 7.80. The first-order valence-electron chi connectivity index (χ1n) is 6.13. The Kier molecular flexibility index (Phi) is 8.24. The van der Waals surface area contributed by atoms with Gasteiger partial charge in [-0.05, 0) is 24.1 Å². The summed E-state index contributed by atoms with van der Waals surface area (Å²) in [6.45, 7) is 3.10. The summed E-state index contributed by atoms with van der Waals surface area (Å²) in [4.78, 5) is 4.37. The fourth-order valence-electron chi connectivity index (χ4n) is 1.40. The minimum Gasteiger partial charge on any atom is -0.388 e. The average Bonchev–Trinajstić information content (AvgIpc) is 2.42. The monoisotopic (exact) mass is 284 g/mol. The van der Waals surface area contributed by atoms with Gasteiger partial charge in [0.15, 0.2) is 0 Å². The maximum absolute atomic E-state index is 5.54. The van der Waals surface area contributed by atoms with E-state index in [0.717, 1.165) is 12.0 Å². The molecule has 1 rings (SSSR count). The van der Waals surface area contributed by atoms with E-state index in [1.165, 1.54) is 0 Å². The number of nitrogens with zero attached hydrogens (tertiary/aromatic N) is 1. The molecule has 6 heteroatoms. The predicted octanol–water partition coefficient (Wildman–Crippen LogP) is 1.29. The molecule has 0 aromatic carbocycles. The van der Waals surface area contributed by atoms with Crippen LogP contribution in [0.25, 0.3) is 0 Å². The van der Waals surface area contributed by atoms with Crippen LogP contribution in [0.5, 0.6) is 0 Å². The average molecular weight is 284 g/mol. The lowest BCUT2D eigenvalue weighted by atomic mass is 10.2. The van der Waals surface area contributed by atoms with Crippen LogP contribution in [-0.2, 0) is 20.8 Å². The molecule has 0 saturated heterocycles. The van der Waals surface area contributed by atoms with E-state index in [9.17, 15) is 0 Å². The van der Waals surface area contributed by atoms with Gasteiger partial charge in [-0.3, -0.25) is 4.98 Å². The topological polar surface area (TPSA) is 66.6 Å². The molecule has 0 bridgehead atoms. The molecule has 0 fully saturated rings. The quantitative estimate of drug-likeness (QED) is 0.516. The van der Waals surface area contributed by atoms with E-state index in [2.05, 4.69) is 4.98 Å². The summed E-state index contributed by atoms with van der Waals surface area (Å²) in [6, 6.07) is 3.73. The van der Waals surface area contributed by atoms with Crippen molar-refractivity contribution in [3.05, 3.63) is 29.6 Å². The Bertz CT molecular complexity index is 388. The van der Waals surface area contributed by atoms with Gasteiger partial charge >= 0.3 is 0 Å². The summed E-state index contributed by atoms with van der Waals surface area (Å²) in [5, 5.41) is 0. The van der Waals surface area contributed by atoms with E-state index < -0.39 is 0 Å². The third-order valence-electron chi connectivity index (χ3n) is 2.35. The van der Waals surface area contributed by atoms with Crippen molar-refractivity contribution in [3.63, 3.8) is 0 Å².